The summed E-state index contributed by atoms with van der Waals surface area (Å²) in [6.45, 7) is -0.483. The zero-order valence-corrected chi connectivity index (χ0v) is 17.4. The van der Waals surface area contributed by atoms with Gasteiger partial charge in [0.25, 0.3) is 0 Å². The minimum atomic E-state index is -3.58. The van der Waals surface area contributed by atoms with Gasteiger partial charge < -0.3 is 16.2 Å². The van der Waals surface area contributed by atoms with E-state index in [9.17, 15) is 17.2 Å². The first kappa shape index (κ1) is 22.5. The largest absolute Gasteiger partial charge is 0.398 e. The molecule has 0 aliphatic carbocycles. The van der Waals surface area contributed by atoms with E-state index in [-0.39, 0.29) is 33.5 Å². The second-order valence-corrected chi connectivity index (χ2v) is 8.73. The SMILES string of the molecule is Nc1cc(Nc2cc(F)nc(F)n2)c(/N=N/c2ccc(S(=O)(=O)CCO)cc2)cc1S. The van der Waals surface area contributed by atoms with Crippen molar-refractivity contribution in [2.45, 2.75) is 9.79 Å². The highest BCUT2D eigenvalue weighted by molar-refractivity contribution is 7.91. The van der Waals surface area contributed by atoms with Crippen molar-refractivity contribution >= 4 is 51.0 Å². The first-order valence-electron chi connectivity index (χ1n) is 8.63. The smallest absolute Gasteiger partial charge is 0.313 e. The van der Waals surface area contributed by atoms with E-state index in [4.69, 9.17) is 10.8 Å². The molecule has 9 nitrogen and oxygen atoms in total. The number of aliphatic hydroxyl groups excluding tert-OH is 1. The van der Waals surface area contributed by atoms with Gasteiger partial charge in [-0.25, -0.2) is 8.42 Å². The summed E-state index contributed by atoms with van der Waals surface area (Å²) < 4.78 is 50.5. The number of hydrogen-bond donors (Lipinski definition) is 4. The summed E-state index contributed by atoms with van der Waals surface area (Å²) in [5.74, 6) is -1.61. The molecule has 0 atom stereocenters. The number of sulfone groups is 1. The minimum absolute atomic E-state index is 0.0424. The van der Waals surface area contributed by atoms with E-state index in [1.807, 2.05) is 0 Å². The van der Waals surface area contributed by atoms with E-state index in [1.165, 1.54) is 36.4 Å². The average molecular weight is 466 g/mol. The van der Waals surface area contributed by atoms with Crippen molar-refractivity contribution in [3.05, 3.63) is 54.5 Å². The summed E-state index contributed by atoms with van der Waals surface area (Å²) in [6.07, 6.45) is -1.25. The number of halogens is 2. The number of anilines is 3. The number of thiol groups is 1. The minimum Gasteiger partial charge on any atom is -0.398 e. The lowest BCUT2D eigenvalue weighted by Crippen LogP contribution is -2.09. The van der Waals surface area contributed by atoms with Gasteiger partial charge in [0.05, 0.1) is 28.6 Å². The maximum Gasteiger partial charge on any atom is 0.313 e. The van der Waals surface area contributed by atoms with Crippen LogP contribution in [0.1, 0.15) is 0 Å². The van der Waals surface area contributed by atoms with Gasteiger partial charge in [-0.2, -0.15) is 23.9 Å². The lowest BCUT2D eigenvalue weighted by Gasteiger charge is -2.10. The number of nitrogens with one attached hydrogen (secondary N) is 1. The van der Waals surface area contributed by atoms with Gasteiger partial charge in [-0.3, -0.25) is 0 Å². The molecule has 0 amide bonds. The van der Waals surface area contributed by atoms with Gasteiger partial charge in [-0.15, -0.1) is 17.7 Å². The van der Waals surface area contributed by atoms with Crippen molar-refractivity contribution in [3.8, 4) is 0 Å². The monoisotopic (exact) mass is 466 g/mol. The zero-order valence-electron chi connectivity index (χ0n) is 15.7. The fraction of sp³-hybridized carbons (Fsp3) is 0.111. The van der Waals surface area contributed by atoms with Gasteiger partial charge in [0.2, 0.25) is 5.95 Å². The Kier molecular flexibility index (Phi) is 6.77. The van der Waals surface area contributed by atoms with Crippen LogP contribution in [0.3, 0.4) is 0 Å². The van der Waals surface area contributed by atoms with E-state index in [1.54, 1.807) is 0 Å². The Bertz CT molecular complexity index is 1220. The molecule has 0 saturated heterocycles. The average Bonchev–Trinajstić information content (AvgIpc) is 2.69. The van der Waals surface area contributed by atoms with Crippen molar-refractivity contribution < 1.29 is 22.3 Å². The third-order valence-electron chi connectivity index (χ3n) is 3.90. The Balaban J connectivity index is 1.90. The standard InChI is InChI=1S/C18H16F2N6O3S2/c19-16-9-17(24-18(20)23-16)22-13-7-12(21)15(30)8-14(13)26-25-10-1-3-11(4-2-10)31(28,29)6-5-27/h1-4,7-9,27,30H,5-6,21H2,(H,22,23,24)/b26-25+. The van der Waals surface area contributed by atoms with Crippen molar-refractivity contribution in [1.82, 2.24) is 9.97 Å². The predicted octanol–water partition coefficient (Wildman–Crippen LogP) is 3.55. The van der Waals surface area contributed by atoms with Gasteiger partial charge in [0, 0.05) is 16.6 Å². The molecule has 2 aromatic carbocycles. The normalized spacial score (nSPS) is 11.7. The number of benzene rings is 2. The molecule has 13 heteroatoms. The van der Waals surface area contributed by atoms with Crippen LogP contribution in [0.15, 0.2) is 62.5 Å². The van der Waals surface area contributed by atoms with Gasteiger partial charge in [0.15, 0.2) is 9.84 Å². The van der Waals surface area contributed by atoms with E-state index in [0.29, 0.717) is 10.6 Å². The van der Waals surface area contributed by atoms with Crippen LogP contribution in [0.2, 0.25) is 0 Å². The Morgan fingerprint density at radius 1 is 1.10 bits per heavy atom. The quantitative estimate of drug-likeness (QED) is 0.137. The Labute approximate surface area is 181 Å². The van der Waals surface area contributed by atoms with E-state index in [2.05, 4.69) is 38.1 Å². The lowest BCUT2D eigenvalue weighted by molar-refractivity contribution is 0.319. The number of nitrogen functional groups attached to an aromatic ring is 1. The molecule has 0 fully saturated rings. The Morgan fingerprint density at radius 2 is 1.81 bits per heavy atom. The maximum absolute atomic E-state index is 13.3. The van der Waals surface area contributed by atoms with Gasteiger partial charge in [-0.05, 0) is 36.4 Å². The molecule has 162 valence electrons. The molecule has 0 aliphatic heterocycles. The zero-order chi connectivity index (χ0) is 22.6. The van der Waals surface area contributed by atoms with Crippen molar-refractivity contribution in [3.63, 3.8) is 0 Å². The highest BCUT2D eigenvalue weighted by Crippen LogP contribution is 2.35. The van der Waals surface area contributed by atoms with E-state index < -0.39 is 28.5 Å². The van der Waals surface area contributed by atoms with Crippen LogP contribution in [-0.2, 0) is 9.84 Å². The first-order valence-corrected chi connectivity index (χ1v) is 10.7. The van der Waals surface area contributed by atoms with Gasteiger partial charge in [-0.1, -0.05) is 0 Å². The van der Waals surface area contributed by atoms with Crippen LogP contribution in [0.25, 0.3) is 0 Å². The maximum atomic E-state index is 13.3. The van der Waals surface area contributed by atoms with Crippen LogP contribution in [0.5, 0.6) is 0 Å². The molecule has 0 radical (unpaired) electrons. The molecule has 31 heavy (non-hydrogen) atoms. The summed E-state index contributed by atoms with van der Waals surface area (Å²) in [6, 6.07) is 9.39. The van der Waals surface area contributed by atoms with Crippen molar-refractivity contribution in [1.29, 1.82) is 0 Å². The molecule has 0 aliphatic rings. The highest BCUT2D eigenvalue weighted by atomic mass is 32.2. The lowest BCUT2D eigenvalue weighted by atomic mass is 10.2. The third kappa shape index (κ3) is 5.71. The Hall–Kier alpha value is -3.16. The Morgan fingerprint density at radius 3 is 2.45 bits per heavy atom. The molecule has 3 rings (SSSR count). The van der Waals surface area contributed by atoms with Crippen LogP contribution in [0.4, 0.5) is 37.3 Å². The molecule has 4 N–H and O–H groups in total. The third-order valence-corrected chi connectivity index (χ3v) is 6.00. The molecule has 0 spiro atoms. The number of hydrogen-bond acceptors (Lipinski definition) is 10. The number of aromatic nitrogens is 2. The van der Waals surface area contributed by atoms with Crippen LogP contribution in [-0.4, -0.2) is 35.9 Å². The van der Waals surface area contributed by atoms with Crippen molar-refractivity contribution in [2.24, 2.45) is 10.2 Å². The fourth-order valence-electron chi connectivity index (χ4n) is 2.44. The molecule has 1 heterocycles. The number of nitrogens with zero attached hydrogens (tertiary/aromatic N) is 4. The number of aliphatic hydroxyl groups is 1. The second kappa shape index (κ2) is 9.32. The number of azo groups is 1. The van der Waals surface area contributed by atoms with Gasteiger partial charge in [0.1, 0.15) is 11.5 Å². The summed E-state index contributed by atoms with van der Waals surface area (Å²) in [5.41, 5.74) is 6.94. The molecular weight excluding hydrogens is 450 g/mol. The molecule has 0 unspecified atom stereocenters. The first-order chi connectivity index (χ1) is 14.7. The molecule has 0 bridgehead atoms. The van der Waals surface area contributed by atoms with E-state index >= 15 is 0 Å². The number of nitrogens with two attached hydrogens (primary N) is 1. The summed E-state index contributed by atoms with van der Waals surface area (Å²) in [5, 5.41) is 19.7. The highest BCUT2D eigenvalue weighted by Gasteiger charge is 2.13. The summed E-state index contributed by atoms with van der Waals surface area (Å²) >= 11 is 4.23. The second-order valence-electron chi connectivity index (χ2n) is 6.13. The van der Waals surface area contributed by atoms with Gasteiger partial charge >= 0.3 is 6.08 Å². The van der Waals surface area contributed by atoms with E-state index in [0.717, 1.165) is 6.07 Å². The van der Waals surface area contributed by atoms with Crippen LogP contribution in [0, 0.1) is 12.0 Å². The molecular formula is C18H16F2N6O3S2. The van der Waals surface area contributed by atoms with Crippen LogP contribution >= 0.6 is 12.6 Å². The summed E-state index contributed by atoms with van der Waals surface area (Å²) in [7, 11) is -3.58. The number of rotatable bonds is 7. The topological polar surface area (TPSA) is 143 Å². The van der Waals surface area contributed by atoms with Crippen LogP contribution < -0.4 is 11.1 Å². The summed E-state index contributed by atoms with van der Waals surface area (Å²) in [4.78, 5) is 6.81. The molecule has 0 saturated carbocycles. The van der Waals surface area contributed by atoms with Crippen molar-refractivity contribution in [2.75, 3.05) is 23.4 Å². The molecule has 3 aromatic rings. The fourth-order valence-corrected chi connectivity index (χ4v) is 3.65. The predicted molar refractivity (Wildman–Crippen MR) is 113 cm³/mol. The molecule has 1 aromatic heterocycles.